The Labute approximate surface area is 118 Å². The average molecular weight is 269 g/mol. The summed E-state index contributed by atoms with van der Waals surface area (Å²) >= 11 is 0. The van der Waals surface area contributed by atoms with E-state index in [0.29, 0.717) is 11.5 Å². The molecule has 1 aromatic heterocycles. The van der Waals surface area contributed by atoms with Crippen molar-refractivity contribution in [3.8, 4) is 0 Å². The molecule has 0 N–H and O–H groups in total. The van der Waals surface area contributed by atoms with Crippen LogP contribution in [0.3, 0.4) is 0 Å². The van der Waals surface area contributed by atoms with Crippen molar-refractivity contribution in [1.82, 2.24) is 4.57 Å². The maximum absolute atomic E-state index is 12.2. The van der Waals surface area contributed by atoms with Gasteiger partial charge < -0.3 is 4.57 Å². The number of aryl methyl sites for hydroxylation is 1. The lowest BCUT2D eigenvalue weighted by molar-refractivity contribution is 0.0970. The third-order valence-electron chi connectivity index (χ3n) is 3.47. The second kappa shape index (κ2) is 5.87. The molecule has 0 amide bonds. The van der Waals surface area contributed by atoms with Crippen molar-refractivity contribution in [3.05, 3.63) is 69.6 Å². The zero-order valence-electron chi connectivity index (χ0n) is 12.1. The minimum Gasteiger partial charge on any atom is -0.305 e. The second-order valence-corrected chi connectivity index (χ2v) is 5.29. The fourth-order valence-electron chi connectivity index (χ4n) is 2.11. The van der Waals surface area contributed by atoms with Crippen LogP contribution < -0.4 is 5.56 Å². The highest BCUT2D eigenvalue weighted by molar-refractivity contribution is 5.95. The van der Waals surface area contributed by atoms with Gasteiger partial charge in [0.1, 0.15) is 0 Å². The second-order valence-electron chi connectivity index (χ2n) is 5.29. The molecule has 0 radical (unpaired) electrons. The van der Waals surface area contributed by atoms with Gasteiger partial charge in [0, 0.05) is 17.3 Å². The molecule has 0 fully saturated rings. The summed E-state index contributed by atoms with van der Waals surface area (Å²) < 4.78 is 1.50. The molecule has 2 rings (SSSR count). The van der Waals surface area contributed by atoms with Crippen molar-refractivity contribution in [3.63, 3.8) is 0 Å². The van der Waals surface area contributed by atoms with Crippen molar-refractivity contribution in [2.24, 2.45) is 0 Å². The van der Waals surface area contributed by atoms with Gasteiger partial charge >= 0.3 is 0 Å². The molecule has 104 valence electrons. The van der Waals surface area contributed by atoms with Crippen molar-refractivity contribution in [1.29, 1.82) is 0 Å². The number of nitrogens with zero attached hydrogens (tertiary/aromatic N) is 1. The molecule has 0 atom stereocenters. The van der Waals surface area contributed by atoms with Crippen molar-refractivity contribution in [2.45, 2.75) is 33.2 Å². The van der Waals surface area contributed by atoms with Crippen molar-refractivity contribution >= 4 is 5.78 Å². The largest absolute Gasteiger partial charge is 0.305 e. The molecule has 2 aromatic rings. The SMILES string of the molecule is Cc1cccc(=O)n1CC(=O)c1ccc(C(C)C)cc1. The highest BCUT2D eigenvalue weighted by Gasteiger charge is 2.09. The van der Waals surface area contributed by atoms with Gasteiger partial charge in [-0.1, -0.05) is 44.2 Å². The molecule has 0 aliphatic carbocycles. The van der Waals surface area contributed by atoms with E-state index in [2.05, 4.69) is 13.8 Å². The Kier molecular flexibility index (Phi) is 4.18. The Morgan fingerprint density at radius 2 is 1.75 bits per heavy atom. The van der Waals surface area contributed by atoms with Crippen LogP contribution >= 0.6 is 0 Å². The summed E-state index contributed by atoms with van der Waals surface area (Å²) in [6.45, 7) is 6.15. The lowest BCUT2D eigenvalue weighted by Crippen LogP contribution is -2.25. The van der Waals surface area contributed by atoms with Crippen LogP contribution in [-0.2, 0) is 6.54 Å². The summed E-state index contributed by atoms with van der Waals surface area (Å²) in [5.41, 5.74) is 2.50. The fraction of sp³-hybridized carbons (Fsp3) is 0.294. The van der Waals surface area contributed by atoms with Gasteiger partial charge in [0.05, 0.1) is 6.54 Å². The number of Topliss-reactive ketones (excluding diaryl/α,β-unsaturated/α-hetero) is 1. The molecule has 3 heteroatoms. The van der Waals surface area contributed by atoms with Gasteiger partial charge in [-0.15, -0.1) is 0 Å². The molecule has 0 saturated carbocycles. The molecule has 0 saturated heterocycles. The zero-order chi connectivity index (χ0) is 14.7. The van der Waals surface area contributed by atoms with Crippen LogP contribution in [0.4, 0.5) is 0 Å². The summed E-state index contributed by atoms with van der Waals surface area (Å²) in [7, 11) is 0. The Morgan fingerprint density at radius 3 is 2.30 bits per heavy atom. The van der Waals surface area contributed by atoms with Crippen molar-refractivity contribution < 1.29 is 4.79 Å². The number of benzene rings is 1. The summed E-state index contributed by atoms with van der Waals surface area (Å²) in [5.74, 6) is 0.398. The van der Waals surface area contributed by atoms with Crippen molar-refractivity contribution in [2.75, 3.05) is 0 Å². The van der Waals surface area contributed by atoms with Crippen LogP contribution in [-0.4, -0.2) is 10.4 Å². The highest BCUT2D eigenvalue weighted by atomic mass is 16.1. The summed E-state index contributed by atoms with van der Waals surface area (Å²) in [6.07, 6.45) is 0. The summed E-state index contributed by atoms with van der Waals surface area (Å²) in [6, 6.07) is 12.6. The van der Waals surface area contributed by atoms with Gasteiger partial charge in [-0.2, -0.15) is 0 Å². The predicted octanol–water partition coefficient (Wildman–Crippen LogP) is 3.16. The van der Waals surface area contributed by atoms with E-state index in [1.165, 1.54) is 16.2 Å². The molecule has 1 aromatic carbocycles. The molecule has 0 unspecified atom stereocenters. The summed E-state index contributed by atoms with van der Waals surface area (Å²) in [5, 5.41) is 0. The molecular weight excluding hydrogens is 250 g/mol. The number of hydrogen-bond acceptors (Lipinski definition) is 2. The fourth-order valence-corrected chi connectivity index (χ4v) is 2.11. The third-order valence-corrected chi connectivity index (χ3v) is 3.47. The molecule has 20 heavy (non-hydrogen) atoms. The predicted molar refractivity (Wildman–Crippen MR) is 80.3 cm³/mol. The number of carbonyl (C=O) groups is 1. The zero-order valence-corrected chi connectivity index (χ0v) is 12.1. The molecule has 0 spiro atoms. The average Bonchev–Trinajstić information content (AvgIpc) is 2.43. The van der Waals surface area contributed by atoms with E-state index in [0.717, 1.165) is 5.69 Å². The normalized spacial score (nSPS) is 10.8. The first-order chi connectivity index (χ1) is 9.49. The number of aromatic nitrogens is 1. The van der Waals surface area contributed by atoms with Crippen LogP contribution in [0.25, 0.3) is 0 Å². The Balaban J connectivity index is 2.22. The Bertz CT molecular complexity index is 666. The molecule has 1 heterocycles. The maximum Gasteiger partial charge on any atom is 0.251 e. The van der Waals surface area contributed by atoms with Crippen LogP contribution in [0.5, 0.6) is 0 Å². The van der Waals surface area contributed by atoms with Gasteiger partial charge in [-0.05, 0) is 24.5 Å². The topological polar surface area (TPSA) is 39.1 Å². The standard InChI is InChI=1S/C17H19NO2/c1-12(2)14-7-9-15(10-8-14)16(19)11-18-13(3)5-4-6-17(18)20/h4-10,12H,11H2,1-3H3. The first-order valence-electron chi connectivity index (χ1n) is 6.78. The maximum atomic E-state index is 12.2. The Morgan fingerprint density at radius 1 is 1.10 bits per heavy atom. The Hall–Kier alpha value is -2.16. The monoisotopic (exact) mass is 269 g/mol. The third kappa shape index (κ3) is 3.05. The number of ketones is 1. The van der Waals surface area contributed by atoms with Gasteiger partial charge in [0.25, 0.3) is 5.56 Å². The van der Waals surface area contributed by atoms with Gasteiger partial charge in [-0.25, -0.2) is 0 Å². The highest BCUT2D eigenvalue weighted by Crippen LogP contribution is 2.15. The van der Waals surface area contributed by atoms with Gasteiger partial charge in [0.15, 0.2) is 5.78 Å². The van der Waals surface area contributed by atoms with Gasteiger partial charge in [-0.3, -0.25) is 9.59 Å². The van der Waals surface area contributed by atoms with E-state index < -0.39 is 0 Å². The quantitative estimate of drug-likeness (QED) is 0.800. The number of hydrogen-bond donors (Lipinski definition) is 0. The molecule has 0 aliphatic heterocycles. The van der Waals surface area contributed by atoms with E-state index in [-0.39, 0.29) is 17.9 Å². The molecular formula is C17H19NO2. The van der Waals surface area contributed by atoms with Gasteiger partial charge in [0.2, 0.25) is 0 Å². The van der Waals surface area contributed by atoms with Crippen LogP contribution in [0.2, 0.25) is 0 Å². The van der Waals surface area contributed by atoms with E-state index in [9.17, 15) is 9.59 Å². The molecule has 3 nitrogen and oxygen atoms in total. The number of pyridine rings is 1. The van der Waals surface area contributed by atoms with E-state index in [1.54, 1.807) is 6.07 Å². The first kappa shape index (κ1) is 14.3. The van der Waals surface area contributed by atoms with E-state index in [4.69, 9.17) is 0 Å². The minimum atomic E-state index is -0.142. The van der Waals surface area contributed by atoms with Crippen LogP contribution in [0.15, 0.2) is 47.3 Å². The minimum absolute atomic E-state index is 0.0447. The van der Waals surface area contributed by atoms with E-state index in [1.807, 2.05) is 37.3 Å². The number of rotatable bonds is 4. The lowest BCUT2D eigenvalue weighted by atomic mass is 10.0. The molecule has 0 aliphatic rings. The first-order valence-corrected chi connectivity index (χ1v) is 6.78. The van der Waals surface area contributed by atoms with E-state index >= 15 is 0 Å². The number of carbonyl (C=O) groups excluding carboxylic acids is 1. The lowest BCUT2D eigenvalue weighted by Gasteiger charge is -2.09. The van der Waals surface area contributed by atoms with Crippen LogP contribution in [0.1, 0.15) is 41.4 Å². The smallest absolute Gasteiger partial charge is 0.251 e. The molecule has 0 bridgehead atoms. The summed E-state index contributed by atoms with van der Waals surface area (Å²) in [4.78, 5) is 24.0. The van der Waals surface area contributed by atoms with Crippen LogP contribution in [0, 0.1) is 6.92 Å².